The number of piperidine rings is 1. The molecule has 0 saturated carbocycles. The number of nitrogens with one attached hydrogen (secondary N) is 2. The SMILES string of the molecule is CCS(=N)(=O)CC1CN(c2ncc(C(C)C)c3cc(Nc4ccnc(N5CC[C@@H](OC)[C@@H](F)C5)n4)ncc23)C1. The summed E-state index contributed by atoms with van der Waals surface area (Å²) in [4.78, 5) is 22.4. The third kappa shape index (κ3) is 5.91. The molecule has 0 amide bonds. The van der Waals surface area contributed by atoms with Crippen LogP contribution in [0.1, 0.15) is 38.7 Å². The van der Waals surface area contributed by atoms with Crippen molar-refractivity contribution in [1.29, 1.82) is 4.78 Å². The molecule has 10 nitrogen and oxygen atoms in total. The Kier molecular flexibility index (Phi) is 7.86. The zero-order valence-electron chi connectivity index (χ0n) is 22.9. The van der Waals surface area contributed by atoms with Crippen LogP contribution < -0.4 is 15.1 Å². The number of alkyl halides is 1. The number of anilines is 4. The highest BCUT2D eigenvalue weighted by Gasteiger charge is 2.32. The molecule has 12 heteroatoms. The smallest absolute Gasteiger partial charge is 0.227 e. The number of ether oxygens (including phenoxy) is 1. The maximum absolute atomic E-state index is 14.4. The molecule has 0 spiro atoms. The molecule has 3 aromatic rings. The van der Waals surface area contributed by atoms with Gasteiger partial charge < -0.3 is 19.9 Å². The van der Waals surface area contributed by atoms with Gasteiger partial charge in [0.15, 0.2) is 0 Å². The Morgan fingerprint density at radius 2 is 1.95 bits per heavy atom. The molecular formula is C27H37FN8O2S. The lowest BCUT2D eigenvalue weighted by atomic mass is 9.97. The van der Waals surface area contributed by atoms with Gasteiger partial charge in [0.25, 0.3) is 0 Å². The predicted octanol–water partition coefficient (Wildman–Crippen LogP) is 4.35. The highest BCUT2D eigenvalue weighted by molar-refractivity contribution is 7.92. The molecule has 5 rings (SSSR count). The van der Waals surface area contributed by atoms with Gasteiger partial charge in [-0.15, -0.1) is 0 Å². The topological polar surface area (TPSA) is 120 Å². The van der Waals surface area contributed by atoms with E-state index in [1.54, 1.807) is 19.4 Å². The lowest BCUT2D eigenvalue weighted by molar-refractivity contribution is 0.0194. The number of halogens is 1. The van der Waals surface area contributed by atoms with E-state index in [4.69, 9.17) is 14.5 Å². The molecule has 210 valence electrons. The summed E-state index contributed by atoms with van der Waals surface area (Å²) in [7, 11) is -0.962. The molecule has 3 aromatic heterocycles. The Morgan fingerprint density at radius 1 is 1.15 bits per heavy atom. The standard InChI is InChI=1S/C27H37FN8O2S/c1-5-39(29,37)16-18-13-36(14-18)26-21-12-31-25(10-19(21)20(11-32-26)17(2)3)33-24-6-8-30-27(34-24)35-9-7-23(38-4)22(28)15-35/h6,8,10-12,17-18,22-23,29H,5,7,9,13-16H2,1-4H3,(H,30,31,33,34)/t22-,23+,39?/m0/s1. The van der Waals surface area contributed by atoms with Crippen LogP contribution in [0.4, 0.5) is 27.8 Å². The molecule has 1 unspecified atom stereocenters. The highest BCUT2D eigenvalue weighted by Crippen LogP contribution is 2.35. The van der Waals surface area contributed by atoms with Crippen molar-refractivity contribution < 1.29 is 13.3 Å². The summed E-state index contributed by atoms with van der Waals surface area (Å²) < 4.78 is 39.9. The van der Waals surface area contributed by atoms with Crippen molar-refractivity contribution in [3.05, 3.63) is 36.3 Å². The largest absolute Gasteiger partial charge is 0.378 e. The fourth-order valence-electron chi connectivity index (χ4n) is 5.30. The van der Waals surface area contributed by atoms with E-state index in [0.29, 0.717) is 42.1 Å². The van der Waals surface area contributed by atoms with E-state index in [0.717, 1.165) is 35.2 Å². The Morgan fingerprint density at radius 3 is 2.64 bits per heavy atom. The van der Waals surface area contributed by atoms with Gasteiger partial charge in [-0.05, 0) is 35.4 Å². The first kappa shape index (κ1) is 27.4. The molecule has 2 aliphatic rings. The van der Waals surface area contributed by atoms with Gasteiger partial charge in [-0.2, -0.15) is 4.98 Å². The Labute approximate surface area is 229 Å². The van der Waals surface area contributed by atoms with Crippen molar-refractivity contribution in [2.24, 2.45) is 5.92 Å². The molecule has 0 aliphatic carbocycles. The minimum Gasteiger partial charge on any atom is -0.378 e. The summed E-state index contributed by atoms with van der Waals surface area (Å²) in [5.41, 5.74) is 1.12. The van der Waals surface area contributed by atoms with Gasteiger partial charge in [0, 0.05) is 77.9 Å². The number of methoxy groups -OCH3 is 1. The second-order valence-electron chi connectivity index (χ2n) is 10.7. The maximum atomic E-state index is 14.4. The maximum Gasteiger partial charge on any atom is 0.227 e. The van der Waals surface area contributed by atoms with Crippen LogP contribution in [0.15, 0.2) is 30.7 Å². The quantitative estimate of drug-likeness (QED) is 0.396. The van der Waals surface area contributed by atoms with Crippen LogP contribution in [-0.2, 0) is 14.5 Å². The van der Waals surface area contributed by atoms with Crippen molar-refractivity contribution in [1.82, 2.24) is 19.9 Å². The number of aromatic nitrogens is 4. The Balaban J connectivity index is 1.36. The molecule has 2 N–H and O–H groups in total. The van der Waals surface area contributed by atoms with Gasteiger partial charge >= 0.3 is 0 Å². The van der Waals surface area contributed by atoms with Crippen LogP contribution >= 0.6 is 0 Å². The zero-order chi connectivity index (χ0) is 27.7. The fraction of sp³-hybridized carbons (Fsp3) is 0.556. The van der Waals surface area contributed by atoms with Crippen LogP contribution in [0.2, 0.25) is 0 Å². The number of nitrogens with zero attached hydrogens (tertiary/aromatic N) is 6. The van der Waals surface area contributed by atoms with E-state index in [1.165, 1.54) is 0 Å². The number of hydrogen-bond donors (Lipinski definition) is 2. The Hall–Kier alpha value is -3.12. The average molecular weight is 557 g/mol. The summed E-state index contributed by atoms with van der Waals surface area (Å²) in [5, 5.41) is 5.32. The van der Waals surface area contributed by atoms with Crippen molar-refractivity contribution in [3.8, 4) is 0 Å². The lowest BCUT2D eigenvalue weighted by Gasteiger charge is -2.41. The minimum atomic E-state index is -2.50. The van der Waals surface area contributed by atoms with Gasteiger partial charge in [0.05, 0.1) is 12.6 Å². The van der Waals surface area contributed by atoms with Gasteiger partial charge in [-0.25, -0.2) is 23.6 Å². The normalized spacial score (nSPS) is 21.7. The number of fused-ring (bicyclic) bond motifs is 1. The summed E-state index contributed by atoms with van der Waals surface area (Å²) in [6.07, 6.45) is 4.53. The fourth-order valence-corrected chi connectivity index (χ4v) is 6.51. The molecule has 5 heterocycles. The minimum absolute atomic E-state index is 0.193. The van der Waals surface area contributed by atoms with Gasteiger partial charge in [0.2, 0.25) is 5.95 Å². The van der Waals surface area contributed by atoms with Crippen molar-refractivity contribution >= 4 is 43.9 Å². The predicted molar refractivity (Wildman–Crippen MR) is 153 cm³/mol. The number of rotatable bonds is 9. The van der Waals surface area contributed by atoms with E-state index in [1.807, 2.05) is 30.3 Å². The summed E-state index contributed by atoms with van der Waals surface area (Å²) >= 11 is 0. The Bertz CT molecular complexity index is 1430. The molecule has 0 radical (unpaired) electrons. The van der Waals surface area contributed by atoms with Crippen LogP contribution in [-0.4, -0.2) is 81.2 Å². The van der Waals surface area contributed by atoms with E-state index in [9.17, 15) is 8.60 Å². The van der Waals surface area contributed by atoms with Crippen molar-refractivity contribution in [2.45, 2.75) is 45.4 Å². The molecule has 2 fully saturated rings. The van der Waals surface area contributed by atoms with Gasteiger partial charge in [0.1, 0.15) is 23.6 Å². The second kappa shape index (κ2) is 11.2. The van der Waals surface area contributed by atoms with E-state index in [-0.39, 0.29) is 18.4 Å². The monoisotopic (exact) mass is 556 g/mol. The van der Waals surface area contributed by atoms with Crippen molar-refractivity contribution in [3.63, 3.8) is 0 Å². The van der Waals surface area contributed by atoms with E-state index in [2.05, 4.69) is 39.0 Å². The molecule has 0 aromatic carbocycles. The molecular weight excluding hydrogens is 519 g/mol. The third-order valence-electron chi connectivity index (χ3n) is 7.60. The van der Waals surface area contributed by atoms with Gasteiger partial charge in [-0.1, -0.05) is 20.8 Å². The van der Waals surface area contributed by atoms with E-state index < -0.39 is 22.0 Å². The lowest BCUT2D eigenvalue weighted by Crippen LogP contribution is -2.50. The van der Waals surface area contributed by atoms with Crippen LogP contribution in [0.25, 0.3) is 10.8 Å². The molecule has 2 aliphatic heterocycles. The first-order valence-electron chi connectivity index (χ1n) is 13.5. The van der Waals surface area contributed by atoms with Crippen LogP contribution in [0.5, 0.6) is 0 Å². The first-order valence-corrected chi connectivity index (χ1v) is 15.4. The average Bonchev–Trinajstić information content (AvgIpc) is 2.90. The summed E-state index contributed by atoms with van der Waals surface area (Å²) in [6.45, 7) is 8.39. The summed E-state index contributed by atoms with van der Waals surface area (Å²) in [5.74, 6) is 3.89. The summed E-state index contributed by atoms with van der Waals surface area (Å²) in [6, 6.07) is 3.79. The molecule has 2 saturated heterocycles. The molecule has 0 bridgehead atoms. The number of hydrogen-bond acceptors (Lipinski definition) is 10. The van der Waals surface area contributed by atoms with Crippen LogP contribution in [0.3, 0.4) is 0 Å². The molecule has 39 heavy (non-hydrogen) atoms. The third-order valence-corrected chi connectivity index (χ3v) is 9.54. The molecule has 3 atom stereocenters. The van der Waals surface area contributed by atoms with Crippen molar-refractivity contribution in [2.75, 3.05) is 59.9 Å². The number of pyridine rings is 2. The second-order valence-corrected chi connectivity index (χ2v) is 13.3. The zero-order valence-corrected chi connectivity index (χ0v) is 23.7. The van der Waals surface area contributed by atoms with E-state index >= 15 is 0 Å². The first-order chi connectivity index (χ1) is 18.7. The highest BCUT2D eigenvalue weighted by atomic mass is 32.2. The van der Waals surface area contributed by atoms with Crippen LogP contribution in [0, 0.1) is 10.7 Å². The van der Waals surface area contributed by atoms with Gasteiger partial charge in [-0.3, -0.25) is 4.78 Å².